The molecule has 3 nitrogen and oxygen atoms in total. The molecule has 1 heterocycles. The van der Waals surface area contributed by atoms with Crippen molar-refractivity contribution in [3.63, 3.8) is 0 Å². The van der Waals surface area contributed by atoms with Gasteiger partial charge < -0.3 is 15.2 Å². The van der Waals surface area contributed by atoms with Gasteiger partial charge in [-0.25, -0.2) is 0 Å². The molecule has 2 atom stereocenters. The van der Waals surface area contributed by atoms with Gasteiger partial charge >= 0.3 is 0 Å². The van der Waals surface area contributed by atoms with Crippen LogP contribution < -0.4 is 10.1 Å². The molecule has 5 heteroatoms. The molecular formula is C16H15Cl2NO2. The van der Waals surface area contributed by atoms with Gasteiger partial charge in [0.15, 0.2) is 0 Å². The summed E-state index contributed by atoms with van der Waals surface area (Å²) in [6.07, 6.45) is 0. The fraction of sp³-hybridized carbons (Fsp3) is 0.250. The van der Waals surface area contributed by atoms with Crippen LogP contribution in [0.1, 0.15) is 30.1 Å². The van der Waals surface area contributed by atoms with Gasteiger partial charge in [0, 0.05) is 17.7 Å². The van der Waals surface area contributed by atoms with Crippen LogP contribution in [0.4, 0.5) is 0 Å². The minimum absolute atomic E-state index is 0.0880. The molecule has 21 heavy (non-hydrogen) atoms. The highest BCUT2D eigenvalue weighted by Crippen LogP contribution is 2.36. The highest BCUT2D eigenvalue weighted by molar-refractivity contribution is 6.42. The van der Waals surface area contributed by atoms with Crippen LogP contribution in [0.15, 0.2) is 36.4 Å². The highest BCUT2D eigenvalue weighted by atomic mass is 35.5. The van der Waals surface area contributed by atoms with E-state index >= 15 is 0 Å². The van der Waals surface area contributed by atoms with Gasteiger partial charge in [-0.05, 0) is 36.8 Å². The molecule has 2 N–H and O–H groups in total. The number of ether oxygens (including phenoxy) is 1. The van der Waals surface area contributed by atoms with Crippen molar-refractivity contribution in [2.24, 2.45) is 0 Å². The Bertz CT molecular complexity index is 675. The van der Waals surface area contributed by atoms with E-state index in [0.717, 1.165) is 16.9 Å². The monoisotopic (exact) mass is 323 g/mol. The number of hydrogen-bond acceptors (Lipinski definition) is 3. The Morgan fingerprint density at radius 1 is 1.19 bits per heavy atom. The molecule has 0 saturated heterocycles. The highest BCUT2D eigenvalue weighted by Gasteiger charge is 2.25. The summed E-state index contributed by atoms with van der Waals surface area (Å²) in [5.41, 5.74) is 2.12. The summed E-state index contributed by atoms with van der Waals surface area (Å²) in [6.45, 7) is 2.61. The summed E-state index contributed by atoms with van der Waals surface area (Å²) >= 11 is 12.0. The molecule has 1 aliphatic heterocycles. The molecule has 0 aliphatic carbocycles. The van der Waals surface area contributed by atoms with E-state index in [4.69, 9.17) is 27.9 Å². The first-order valence-corrected chi connectivity index (χ1v) is 7.47. The van der Waals surface area contributed by atoms with Crippen molar-refractivity contribution >= 4 is 23.2 Å². The molecule has 0 saturated carbocycles. The molecule has 0 aromatic heterocycles. The van der Waals surface area contributed by atoms with Crippen LogP contribution in [-0.2, 0) is 0 Å². The molecule has 2 aromatic carbocycles. The standard InChI is InChI=1S/C16H15Cl2NO2/c1-9(10-2-5-13(17)14(18)6-10)19-15-8-21-16-7-11(20)3-4-12(15)16/h2-7,9,15,19-20H,8H2,1H3. The van der Waals surface area contributed by atoms with Crippen molar-refractivity contribution < 1.29 is 9.84 Å². The normalized spacial score (nSPS) is 18.1. The number of aromatic hydroxyl groups is 1. The number of halogens is 2. The summed E-state index contributed by atoms with van der Waals surface area (Å²) in [7, 11) is 0. The van der Waals surface area contributed by atoms with E-state index in [1.807, 2.05) is 18.2 Å². The molecule has 2 aromatic rings. The Morgan fingerprint density at radius 3 is 2.76 bits per heavy atom. The van der Waals surface area contributed by atoms with Crippen molar-refractivity contribution in [3.8, 4) is 11.5 Å². The van der Waals surface area contributed by atoms with Crippen LogP contribution in [0.25, 0.3) is 0 Å². The summed E-state index contributed by atoms with van der Waals surface area (Å²) in [5.74, 6) is 0.945. The smallest absolute Gasteiger partial charge is 0.127 e. The molecular weight excluding hydrogens is 309 g/mol. The Morgan fingerprint density at radius 2 is 2.00 bits per heavy atom. The molecule has 2 unspecified atom stereocenters. The average Bonchev–Trinajstić information content (AvgIpc) is 2.84. The van der Waals surface area contributed by atoms with Gasteiger partial charge in [-0.1, -0.05) is 29.3 Å². The van der Waals surface area contributed by atoms with Crippen LogP contribution in [-0.4, -0.2) is 11.7 Å². The fourth-order valence-corrected chi connectivity index (χ4v) is 2.82. The Hall–Kier alpha value is -1.42. The maximum Gasteiger partial charge on any atom is 0.127 e. The van der Waals surface area contributed by atoms with Crippen molar-refractivity contribution in [1.82, 2.24) is 5.32 Å². The lowest BCUT2D eigenvalue weighted by atomic mass is 10.0. The average molecular weight is 324 g/mol. The van der Waals surface area contributed by atoms with Crippen molar-refractivity contribution in [2.45, 2.75) is 19.0 Å². The van der Waals surface area contributed by atoms with E-state index in [1.54, 1.807) is 18.2 Å². The predicted molar refractivity (Wildman–Crippen MR) is 84.4 cm³/mol. The van der Waals surface area contributed by atoms with Gasteiger partial charge in [-0.15, -0.1) is 0 Å². The lowest BCUT2D eigenvalue weighted by Crippen LogP contribution is -2.25. The van der Waals surface area contributed by atoms with E-state index in [2.05, 4.69) is 12.2 Å². The van der Waals surface area contributed by atoms with Crippen LogP contribution in [0.3, 0.4) is 0 Å². The lowest BCUT2D eigenvalue weighted by molar-refractivity contribution is 0.300. The van der Waals surface area contributed by atoms with Crippen LogP contribution in [0.2, 0.25) is 10.0 Å². The molecule has 0 fully saturated rings. The largest absolute Gasteiger partial charge is 0.508 e. The van der Waals surface area contributed by atoms with E-state index in [9.17, 15) is 5.11 Å². The zero-order valence-corrected chi connectivity index (χ0v) is 12.9. The van der Waals surface area contributed by atoms with Crippen LogP contribution in [0.5, 0.6) is 11.5 Å². The third-order valence-corrected chi connectivity index (χ3v) is 4.41. The zero-order chi connectivity index (χ0) is 15.0. The SMILES string of the molecule is CC(NC1COc2cc(O)ccc21)c1ccc(Cl)c(Cl)c1. The molecule has 1 aliphatic rings. The minimum Gasteiger partial charge on any atom is -0.508 e. The number of benzene rings is 2. The lowest BCUT2D eigenvalue weighted by Gasteiger charge is -2.19. The maximum atomic E-state index is 9.47. The molecule has 110 valence electrons. The van der Waals surface area contributed by atoms with Gasteiger partial charge in [0.05, 0.1) is 16.1 Å². The van der Waals surface area contributed by atoms with Gasteiger partial charge in [-0.2, -0.15) is 0 Å². The van der Waals surface area contributed by atoms with Crippen molar-refractivity contribution in [3.05, 3.63) is 57.6 Å². The van der Waals surface area contributed by atoms with E-state index < -0.39 is 0 Å². The number of nitrogens with one attached hydrogen (secondary N) is 1. The fourth-order valence-electron chi connectivity index (χ4n) is 2.52. The van der Waals surface area contributed by atoms with Gasteiger partial charge in [0.1, 0.15) is 18.1 Å². The summed E-state index contributed by atoms with van der Waals surface area (Å²) in [4.78, 5) is 0. The van der Waals surface area contributed by atoms with Crippen LogP contribution >= 0.6 is 23.2 Å². The summed E-state index contributed by atoms with van der Waals surface area (Å²) < 4.78 is 5.60. The number of fused-ring (bicyclic) bond motifs is 1. The first-order valence-electron chi connectivity index (χ1n) is 6.71. The van der Waals surface area contributed by atoms with E-state index in [0.29, 0.717) is 16.7 Å². The molecule has 3 rings (SSSR count). The zero-order valence-electron chi connectivity index (χ0n) is 11.4. The molecule has 0 amide bonds. The first kappa shape index (κ1) is 14.5. The Kier molecular flexibility index (Phi) is 3.98. The molecule has 0 radical (unpaired) electrons. The Balaban J connectivity index is 1.77. The number of hydrogen-bond donors (Lipinski definition) is 2. The maximum absolute atomic E-state index is 9.47. The van der Waals surface area contributed by atoms with E-state index in [1.165, 1.54) is 0 Å². The number of rotatable bonds is 3. The van der Waals surface area contributed by atoms with Gasteiger partial charge in [-0.3, -0.25) is 0 Å². The second kappa shape index (κ2) is 5.76. The Labute approximate surface area is 133 Å². The number of phenols is 1. The molecule has 0 spiro atoms. The minimum atomic E-state index is 0.0880. The predicted octanol–water partition coefficient (Wildman–Crippen LogP) is 4.48. The second-order valence-electron chi connectivity index (χ2n) is 5.15. The van der Waals surface area contributed by atoms with Crippen molar-refractivity contribution in [2.75, 3.05) is 6.61 Å². The van der Waals surface area contributed by atoms with Gasteiger partial charge in [0.2, 0.25) is 0 Å². The third-order valence-electron chi connectivity index (χ3n) is 3.67. The van der Waals surface area contributed by atoms with Crippen molar-refractivity contribution in [1.29, 1.82) is 0 Å². The van der Waals surface area contributed by atoms with E-state index in [-0.39, 0.29) is 17.8 Å². The summed E-state index contributed by atoms with van der Waals surface area (Å²) in [6, 6.07) is 11.0. The van der Waals surface area contributed by atoms with Gasteiger partial charge in [0.25, 0.3) is 0 Å². The first-order chi connectivity index (χ1) is 10.0. The second-order valence-corrected chi connectivity index (χ2v) is 5.96. The quantitative estimate of drug-likeness (QED) is 0.874. The molecule has 0 bridgehead atoms. The third kappa shape index (κ3) is 2.95. The topological polar surface area (TPSA) is 41.5 Å². The van der Waals surface area contributed by atoms with Crippen LogP contribution in [0, 0.1) is 0 Å². The summed E-state index contributed by atoms with van der Waals surface area (Å²) in [5, 5.41) is 14.1. The number of phenolic OH excluding ortho intramolecular Hbond substituents is 1.